The van der Waals surface area contributed by atoms with Crippen LogP contribution in [0.25, 0.3) is 10.9 Å². The van der Waals surface area contributed by atoms with Crippen molar-refractivity contribution in [3.63, 3.8) is 0 Å². The number of aromatic nitrogens is 1. The number of unbranched alkanes of at least 4 members (excludes halogenated alkanes) is 1. The summed E-state index contributed by atoms with van der Waals surface area (Å²) in [5.74, 6) is 0.333. The molecule has 0 atom stereocenters. The Hall–Kier alpha value is -4.78. The van der Waals surface area contributed by atoms with Gasteiger partial charge in [0.05, 0.1) is 12.8 Å². The fourth-order valence-electron chi connectivity index (χ4n) is 5.44. The number of para-hydroxylation sites is 1. The lowest BCUT2D eigenvalue weighted by Crippen LogP contribution is -2.43. The van der Waals surface area contributed by atoms with Crippen molar-refractivity contribution in [3.05, 3.63) is 125 Å². The van der Waals surface area contributed by atoms with Crippen LogP contribution < -0.4 is 4.90 Å². The number of amides is 2. The zero-order chi connectivity index (χ0) is 30.9. The van der Waals surface area contributed by atoms with E-state index in [4.69, 9.17) is 4.42 Å². The SMILES string of the molecule is CCCCc1ccc(C(=O)N(CC(=O)N(CCc2c[nH]c3ccccc23)Cc2ccc(N(C)C)cc2)Cc2ccco2)cc1. The Kier molecular flexibility index (Phi) is 10.2. The Morgan fingerprint density at radius 1 is 0.795 bits per heavy atom. The number of benzene rings is 3. The van der Waals surface area contributed by atoms with E-state index < -0.39 is 0 Å². The molecule has 7 nitrogen and oxygen atoms in total. The maximum atomic E-state index is 14.1. The first-order valence-corrected chi connectivity index (χ1v) is 15.4. The highest BCUT2D eigenvalue weighted by molar-refractivity contribution is 5.96. The summed E-state index contributed by atoms with van der Waals surface area (Å²) in [7, 11) is 4.02. The summed E-state index contributed by atoms with van der Waals surface area (Å²) in [6, 6.07) is 27.9. The molecule has 7 heteroatoms. The standard InChI is InChI=1S/C37H42N4O3/c1-4-5-9-28-13-17-30(18-14-28)37(43)41(26-33-10-8-23-44-33)27-36(42)40(25-29-15-19-32(20-16-29)39(2)3)22-21-31-24-38-35-12-7-6-11-34(31)35/h6-8,10-20,23-24,38H,4-5,9,21-22,25-27H2,1-3H3. The van der Waals surface area contributed by atoms with Gasteiger partial charge < -0.3 is 24.1 Å². The summed E-state index contributed by atoms with van der Waals surface area (Å²) < 4.78 is 5.59. The Morgan fingerprint density at radius 3 is 2.25 bits per heavy atom. The monoisotopic (exact) mass is 590 g/mol. The molecular weight excluding hydrogens is 548 g/mol. The van der Waals surface area contributed by atoms with Gasteiger partial charge in [0, 0.05) is 55.5 Å². The predicted octanol–water partition coefficient (Wildman–Crippen LogP) is 7.08. The number of furan rings is 1. The highest BCUT2D eigenvalue weighted by Crippen LogP contribution is 2.20. The summed E-state index contributed by atoms with van der Waals surface area (Å²) in [6.07, 6.45) is 7.52. The minimum atomic E-state index is -0.191. The molecule has 228 valence electrons. The first kappa shape index (κ1) is 30.7. The normalized spacial score (nSPS) is 11.1. The fraction of sp³-hybridized carbons (Fsp3) is 0.297. The lowest BCUT2D eigenvalue weighted by atomic mass is 10.1. The third-order valence-electron chi connectivity index (χ3n) is 8.06. The van der Waals surface area contributed by atoms with E-state index in [2.05, 4.69) is 53.2 Å². The summed E-state index contributed by atoms with van der Waals surface area (Å²) >= 11 is 0. The van der Waals surface area contributed by atoms with Crippen molar-refractivity contribution >= 4 is 28.4 Å². The van der Waals surface area contributed by atoms with Crippen LogP contribution in [0.2, 0.25) is 0 Å². The Bertz CT molecular complexity index is 1640. The van der Waals surface area contributed by atoms with Crippen molar-refractivity contribution in [2.24, 2.45) is 0 Å². The quantitative estimate of drug-likeness (QED) is 0.150. The van der Waals surface area contributed by atoms with Crippen molar-refractivity contribution in [2.75, 3.05) is 32.1 Å². The molecule has 0 bridgehead atoms. The van der Waals surface area contributed by atoms with E-state index in [1.165, 1.54) is 5.56 Å². The highest BCUT2D eigenvalue weighted by Gasteiger charge is 2.24. The van der Waals surface area contributed by atoms with Crippen LogP contribution in [0.15, 0.2) is 102 Å². The van der Waals surface area contributed by atoms with E-state index in [0.717, 1.165) is 47.0 Å². The molecule has 0 fully saturated rings. The Labute approximate surface area is 260 Å². The van der Waals surface area contributed by atoms with Gasteiger partial charge in [-0.3, -0.25) is 9.59 Å². The third kappa shape index (κ3) is 7.78. The minimum Gasteiger partial charge on any atom is -0.467 e. The molecule has 2 amide bonds. The van der Waals surface area contributed by atoms with Gasteiger partial charge in [-0.2, -0.15) is 0 Å². The van der Waals surface area contributed by atoms with Gasteiger partial charge in [0.1, 0.15) is 12.3 Å². The molecule has 0 aliphatic carbocycles. The van der Waals surface area contributed by atoms with Gasteiger partial charge >= 0.3 is 0 Å². The minimum absolute atomic E-state index is 0.0548. The van der Waals surface area contributed by atoms with Crippen LogP contribution in [-0.4, -0.2) is 53.8 Å². The molecule has 2 aromatic heterocycles. The van der Waals surface area contributed by atoms with Crippen LogP contribution in [0.5, 0.6) is 0 Å². The average molecular weight is 591 g/mol. The zero-order valence-electron chi connectivity index (χ0n) is 26.0. The number of nitrogens with one attached hydrogen (secondary N) is 1. The second-order valence-corrected chi connectivity index (χ2v) is 11.5. The molecule has 0 spiro atoms. The number of aromatic amines is 1. The first-order chi connectivity index (χ1) is 21.4. The number of aryl methyl sites for hydroxylation is 1. The number of fused-ring (bicyclic) bond motifs is 1. The molecule has 0 saturated carbocycles. The summed E-state index contributed by atoms with van der Waals surface area (Å²) in [5.41, 5.74) is 6.15. The van der Waals surface area contributed by atoms with Gasteiger partial charge in [0.25, 0.3) is 5.91 Å². The van der Waals surface area contributed by atoms with E-state index in [1.54, 1.807) is 17.2 Å². The van der Waals surface area contributed by atoms with Gasteiger partial charge in [0.2, 0.25) is 5.91 Å². The van der Waals surface area contributed by atoms with Crippen LogP contribution in [0.1, 0.15) is 52.6 Å². The number of hydrogen-bond acceptors (Lipinski definition) is 4. The van der Waals surface area contributed by atoms with Crippen LogP contribution in [-0.2, 0) is 30.7 Å². The van der Waals surface area contributed by atoms with E-state index >= 15 is 0 Å². The molecule has 0 radical (unpaired) electrons. The topological polar surface area (TPSA) is 72.8 Å². The predicted molar refractivity (Wildman–Crippen MR) is 177 cm³/mol. The third-order valence-corrected chi connectivity index (χ3v) is 8.06. The number of nitrogens with zero attached hydrogens (tertiary/aromatic N) is 3. The van der Waals surface area contributed by atoms with Crippen LogP contribution in [0.3, 0.4) is 0 Å². The zero-order valence-corrected chi connectivity index (χ0v) is 26.0. The van der Waals surface area contributed by atoms with Crippen molar-refractivity contribution in [2.45, 2.75) is 45.7 Å². The molecule has 0 saturated heterocycles. The summed E-state index contributed by atoms with van der Waals surface area (Å²) in [6.45, 7) is 3.29. The number of rotatable bonds is 14. The highest BCUT2D eigenvalue weighted by atomic mass is 16.3. The lowest BCUT2D eigenvalue weighted by molar-refractivity contribution is -0.132. The van der Waals surface area contributed by atoms with Crippen molar-refractivity contribution < 1.29 is 14.0 Å². The van der Waals surface area contributed by atoms with Gasteiger partial charge in [-0.1, -0.05) is 55.8 Å². The Morgan fingerprint density at radius 2 is 1.55 bits per heavy atom. The maximum Gasteiger partial charge on any atom is 0.254 e. The molecule has 2 heterocycles. The number of H-pyrrole nitrogens is 1. The Balaban J connectivity index is 1.37. The van der Waals surface area contributed by atoms with Gasteiger partial charge in [-0.15, -0.1) is 0 Å². The largest absolute Gasteiger partial charge is 0.467 e. The fourth-order valence-corrected chi connectivity index (χ4v) is 5.44. The second kappa shape index (κ2) is 14.6. The van der Waals surface area contributed by atoms with E-state index in [0.29, 0.717) is 30.8 Å². The molecular formula is C37H42N4O3. The molecule has 5 aromatic rings. The second-order valence-electron chi connectivity index (χ2n) is 11.5. The van der Waals surface area contributed by atoms with Crippen LogP contribution in [0.4, 0.5) is 5.69 Å². The number of anilines is 1. The molecule has 0 unspecified atom stereocenters. The number of carbonyl (C=O) groups is 2. The molecule has 5 rings (SSSR count). The summed E-state index contributed by atoms with van der Waals surface area (Å²) in [4.78, 5) is 36.7. The average Bonchev–Trinajstić information content (AvgIpc) is 3.72. The summed E-state index contributed by atoms with van der Waals surface area (Å²) in [5, 5.41) is 1.16. The van der Waals surface area contributed by atoms with Gasteiger partial charge in [-0.05, 0) is 78.4 Å². The molecule has 3 aromatic carbocycles. The van der Waals surface area contributed by atoms with E-state index in [1.807, 2.05) is 67.7 Å². The smallest absolute Gasteiger partial charge is 0.254 e. The van der Waals surface area contributed by atoms with Crippen LogP contribution >= 0.6 is 0 Å². The lowest BCUT2D eigenvalue weighted by Gasteiger charge is -2.28. The first-order valence-electron chi connectivity index (χ1n) is 15.4. The molecule has 1 N–H and O–H groups in total. The maximum absolute atomic E-state index is 14.1. The molecule has 0 aliphatic heterocycles. The van der Waals surface area contributed by atoms with Crippen LogP contribution in [0, 0.1) is 0 Å². The van der Waals surface area contributed by atoms with Crippen molar-refractivity contribution in [1.82, 2.24) is 14.8 Å². The van der Waals surface area contributed by atoms with E-state index in [9.17, 15) is 9.59 Å². The van der Waals surface area contributed by atoms with E-state index in [-0.39, 0.29) is 24.9 Å². The molecule has 44 heavy (non-hydrogen) atoms. The molecule has 0 aliphatic rings. The van der Waals surface area contributed by atoms with Gasteiger partial charge in [-0.25, -0.2) is 0 Å². The number of carbonyl (C=O) groups excluding carboxylic acids is 2. The van der Waals surface area contributed by atoms with Crippen molar-refractivity contribution in [1.29, 1.82) is 0 Å². The number of hydrogen-bond donors (Lipinski definition) is 1. The van der Waals surface area contributed by atoms with Gasteiger partial charge in [0.15, 0.2) is 0 Å². The van der Waals surface area contributed by atoms with Crippen molar-refractivity contribution in [3.8, 4) is 0 Å².